The topological polar surface area (TPSA) is 63.8 Å². The number of nitrogens with zero attached hydrogens (tertiary/aromatic N) is 2. The van der Waals surface area contributed by atoms with Crippen molar-refractivity contribution in [1.29, 1.82) is 0 Å². The average Bonchev–Trinajstić information content (AvgIpc) is 2.80. The van der Waals surface area contributed by atoms with Gasteiger partial charge < -0.3 is 0 Å². The van der Waals surface area contributed by atoms with Crippen molar-refractivity contribution in [3.8, 4) is 0 Å². The van der Waals surface area contributed by atoms with Gasteiger partial charge in [0.2, 0.25) is 0 Å². The van der Waals surface area contributed by atoms with Gasteiger partial charge in [-0.25, -0.2) is 0 Å². The van der Waals surface area contributed by atoms with Gasteiger partial charge >= 0.3 is 0 Å². The van der Waals surface area contributed by atoms with Crippen molar-refractivity contribution < 1.29 is 0 Å². The van der Waals surface area contributed by atoms with E-state index in [1.165, 1.54) is 25.7 Å². The molecule has 1 saturated carbocycles. The molecule has 1 aliphatic rings. The average molecular weight is 206 g/mol. The number of nitrogens with one attached hydrogen (secondary N) is 1. The van der Waals surface area contributed by atoms with Crippen LogP contribution in [0.5, 0.6) is 0 Å². The summed E-state index contributed by atoms with van der Waals surface area (Å²) < 4.78 is 0. The van der Waals surface area contributed by atoms with E-state index in [-0.39, 0.29) is 6.04 Å². The Hall–Kier alpha value is -1.00. The Morgan fingerprint density at radius 1 is 1.40 bits per heavy atom. The normalized spacial score (nSPS) is 19.3. The summed E-state index contributed by atoms with van der Waals surface area (Å²) in [5, 5.41) is 0. The van der Waals surface area contributed by atoms with Gasteiger partial charge in [-0.2, -0.15) is 0 Å². The van der Waals surface area contributed by atoms with Crippen molar-refractivity contribution >= 4 is 0 Å². The Morgan fingerprint density at radius 2 is 2.20 bits per heavy atom. The second-order valence-electron chi connectivity index (χ2n) is 4.24. The zero-order valence-electron chi connectivity index (χ0n) is 8.89. The second kappa shape index (κ2) is 5.19. The lowest BCUT2D eigenvalue weighted by Crippen LogP contribution is -2.30. The molecule has 0 amide bonds. The van der Waals surface area contributed by atoms with Crippen LogP contribution in [0.4, 0.5) is 0 Å². The zero-order valence-corrected chi connectivity index (χ0v) is 8.89. The highest BCUT2D eigenvalue weighted by Crippen LogP contribution is 2.31. The first-order valence-electron chi connectivity index (χ1n) is 5.62. The van der Waals surface area contributed by atoms with Crippen LogP contribution in [-0.4, -0.2) is 9.97 Å². The molecule has 0 saturated heterocycles. The Morgan fingerprint density at radius 3 is 2.80 bits per heavy atom. The summed E-state index contributed by atoms with van der Waals surface area (Å²) in [5.74, 6) is 6.36. The molecule has 0 spiro atoms. The van der Waals surface area contributed by atoms with E-state index < -0.39 is 0 Å². The van der Waals surface area contributed by atoms with Gasteiger partial charge in [0.15, 0.2) is 0 Å². The lowest BCUT2D eigenvalue weighted by molar-refractivity contribution is 0.393. The molecule has 1 fully saturated rings. The molecule has 1 heterocycles. The molecule has 4 nitrogen and oxygen atoms in total. The van der Waals surface area contributed by atoms with Crippen LogP contribution >= 0.6 is 0 Å². The number of aromatic nitrogens is 2. The minimum atomic E-state index is 0.154. The van der Waals surface area contributed by atoms with Gasteiger partial charge in [-0.05, 0) is 12.3 Å². The van der Waals surface area contributed by atoms with Crippen LogP contribution in [0, 0.1) is 5.92 Å². The Balaban J connectivity index is 1.97. The molecule has 0 bridgehead atoms. The molecular weight excluding hydrogens is 188 g/mol. The van der Waals surface area contributed by atoms with Crippen LogP contribution < -0.4 is 11.3 Å². The van der Waals surface area contributed by atoms with Crippen molar-refractivity contribution in [1.82, 2.24) is 15.4 Å². The summed E-state index contributed by atoms with van der Waals surface area (Å²) in [4.78, 5) is 8.36. The van der Waals surface area contributed by atoms with E-state index in [0.717, 1.165) is 18.0 Å². The van der Waals surface area contributed by atoms with Crippen molar-refractivity contribution in [3.05, 3.63) is 24.3 Å². The Kier molecular flexibility index (Phi) is 3.64. The highest BCUT2D eigenvalue weighted by atomic mass is 15.2. The molecule has 1 aliphatic carbocycles. The highest BCUT2D eigenvalue weighted by Gasteiger charge is 2.21. The molecule has 82 valence electrons. The standard InChI is InChI=1S/C11H18N4/c12-15-10(7-9-3-1-2-4-9)11-8-13-5-6-14-11/h5-6,8-10,15H,1-4,7,12H2. The second-order valence-corrected chi connectivity index (χ2v) is 4.24. The van der Waals surface area contributed by atoms with Gasteiger partial charge in [0.25, 0.3) is 0 Å². The first-order chi connectivity index (χ1) is 7.40. The molecule has 1 aromatic heterocycles. The van der Waals surface area contributed by atoms with E-state index >= 15 is 0 Å². The fraction of sp³-hybridized carbons (Fsp3) is 0.636. The van der Waals surface area contributed by atoms with Crippen LogP contribution in [0.2, 0.25) is 0 Å². The van der Waals surface area contributed by atoms with Gasteiger partial charge in [-0.15, -0.1) is 0 Å². The molecule has 1 unspecified atom stereocenters. The van der Waals surface area contributed by atoms with Crippen molar-refractivity contribution in [2.24, 2.45) is 11.8 Å². The van der Waals surface area contributed by atoms with E-state index in [4.69, 9.17) is 5.84 Å². The molecule has 1 aromatic rings. The molecular formula is C11H18N4. The summed E-state index contributed by atoms with van der Waals surface area (Å²) in [6, 6.07) is 0.154. The van der Waals surface area contributed by atoms with Crippen LogP contribution in [0.1, 0.15) is 43.8 Å². The maximum Gasteiger partial charge on any atom is 0.0769 e. The first kappa shape index (κ1) is 10.5. The SMILES string of the molecule is NNC(CC1CCCC1)c1cnccn1. The van der Waals surface area contributed by atoms with Crippen LogP contribution in [0.25, 0.3) is 0 Å². The highest BCUT2D eigenvalue weighted by molar-refractivity contribution is 5.02. The number of hydrogen-bond donors (Lipinski definition) is 2. The zero-order chi connectivity index (χ0) is 10.5. The molecule has 3 N–H and O–H groups in total. The minimum Gasteiger partial charge on any atom is -0.271 e. The molecule has 0 radical (unpaired) electrons. The van der Waals surface area contributed by atoms with Crippen molar-refractivity contribution in [3.63, 3.8) is 0 Å². The van der Waals surface area contributed by atoms with Crippen LogP contribution in [-0.2, 0) is 0 Å². The molecule has 2 rings (SSSR count). The molecule has 15 heavy (non-hydrogen) atoms. The Bertz CT molecular complexity index is 282. The number of rotatable bonds is 4. The van der Waals surface area contributed by atoms with Gasteiger partial charge in [-0.3, -0.25) is 21.2 Å². The van der Waals surface area contributed by atoms with Crippen molar-refractivity contribution in [2.45, 2.75) is 38.1 Å². The number of nitrogens with two attached hydrogens (primary N) is 1. The maximum absolute atomic E-state index is 5.57. The maximum atomic E-state index is 5.57. The molecule has 0 aromatic carbocycles. The fourth-order valence-electron chi connectivity index (χ4n) is 2.34. The van der Waals surface area contributed by atoms with E-state index in [9.17, 15) is 0 Å². The molecule has 0 aliphatic heterocycles. The van der Waals surface area contributed by atoms with E-state index in [1.54, 1.807) is 18.6 Å². The van der Waals surface area contributed by atoms with Gasteiger partial charge in [0.05, 0.1) is 17.9 Å². The monoisotopic (exact) mass is 206 g/mol. The number of hydrogen-bond acceptors (Lipinski definition) is 4. The van der Waals surface area contributed by atoms with Gasteiger partial charge in [0.1, 0.15) is 0 Å². The third-order valence-corrected chi connectivity index (χ3v) is 3.19. The molecule has 4 heteroatoms. The summed E-state index contributed by atoms with van der Waals surface area (Å²) in [6.45, 7) is 0. The fourth-order valence-corrected chi connectivity index (χ4v) is 2.34. The van der Waals surface area contributed by atoms with Crippen LogP contribution in [0.3, 0.4) is 0 Å². The lowest BCUT2D eigenvalue weighted by Gasteiger charge is -2.18. The third-order valence-electron chi connectivity index (χ3n) is 3.19. The van der Waals surface area contributed by atoms with E-state index in [1.807, 2.05) is 0 Å². The summed E-state index contributed by atoms with van der Waals surface area (Å²) in [5.41, 5.74) is 3.79. The van der Waals surface area contributed by atoms with Gasteiger partial charge in [-0.1, -0.05) is 25.7 Å². The smallest absolute Gasteiger partial charge is 0.0769 e. The number of hydrazine groups is 1. The van der Waals surface area contributed by atoms with Crippen LogP contribution in [0.15, 0.2) is 18.6 Å². The Labute approximate surface area is 90.3 Å². The largest absolute Gasteiger partial charge is 0.271 e. The van der Waals surface area contributed by atoms with Crippen molar-refractivity contribution in [2.75, 3.05) is 0 Å². The lowest BCUT2D eigenvalue weighted by atomic mass is 9.97. The third kappa shape index (κ3) is 2.73. The minimum absolute atomic E-state index is 0.154. The van der Waals surface area contributed by atoms with Gasteiger partial charge in [0, 0.05) is 12.4 Å². The van der Waals surface area contributed by atoms with E-state index in [0.29, 0.717) is 0 Å². The summed E-state index contributed by atoms with van der Waals surface area (Å²) >= 11 is 0. The van der Waals surface area contributed by atoms with E-state index in [2.05, 4.69) is 15.4 Å². The summed E-state index contributed by atoms with van der Waals surface area (Å²) in [6.07, 6.45) is 11.7. The molecule has 1 atom stereocenters. The predicted molar refractivity (Wildman–Crippen MR) is 58.7 cm³/mol. The quantitative estimate of drug-likeness (QED) is 0.579. The first-order valence-corrected chi connectivity index (χ1v) is 5.62. The predicted octanol–water partition coefficient (Wildman–Crippen LogP) is 1.56. The summed E-state index contributed by atoms with van der Waals surface area (Å²) in [7, 11) is 0.